The van der Waals surface area contributed by atoms with Crippen LogP contribution in [0.25, 0.3) is 0 Å². The topological polar surface area (TPSA) is 26.3 Å². The fraction of sp³-hybridized carbons (Fsp3) is 0.950. The number of hydrogen-bond donors (Lipinski definition) is 0. The average molecular weight is 431 g/mol. The molecule has 0 N–H and O–H groups in total. The Balaban J connectivity index is 3.13. The molecule has 0 aliphatic rings. The molecule has 0 fully saturated rings. The van der Waals surface area contributed by atoms with E-state index in [0.717, 1.165) is 6.42 Å². The van der Waals surface area contributed by atoms with E-state index in [1.165, 1.54) is 94.3 Å². The summed E-state index contributed by atoms with van der Waals surface area (Å²) in [7, 11) is 0. The van der Waals surface area contributed by atoms with Crippen molar-refractivity contribution in [2.45, 2.75) is 121 Å². The van der Waals surface area contributed by atoms with E-state index in [1.54, 1.807) is 0 Å². The summed E-state index contributed by atoms with van der Waals surface area (Å²) >= 11 is -0.852. The van der Waals surface area contributed by atoms with E-state index >= 15 is 0 Å². The van der Waals surface area contributed by atoms with Gasteiger partial charge in [-0.15, -0.1) is 0 Å². The van der Waals surface area contributed by atoms with Crippen molar-refractivity contribution in [3.05, 3.63) is 0 Å². The van der Waals surface area contributed by atoms with Gasteiger partial charge >= 0.3 is 149 Å². The van der Waals surface area contributed by atoms with E-state index in [9.17, 15) is 4.79 Å². The number of carbonyl (C=O) groups is 1. The van der Waals surface area contributed by atoms with E-state index < -0.39 is 21.6 Å². The molecule has 0 spiro atoms. The van der Waals surface area contributed by atoms with Crippen molar-refractivity contribution in [3.63, 3.8) is 0 Å². The van der Waals surface area contributed by atoms with Crippen LogP contribution in [0, 0.1) is 0 Å². The van der Waals surface area contributed by atoms with Crippen molar-refractivity contribution < 1.29 is 7.87 Å². The Hall–Kier alpha value is 0.269. The van der Waals surface area contributed by atoms with E-state index in [4.69, 9.17) is 3.07 Å². The van der Waals surface area contributed by atoms with Crippen LogP contribution >= 0.6 is 0 Å². The number of carbonyl (C=O) groups excluding carboxylic acids is 1. The minimum atomic E-state index is -0.852. The predicted molar refractivity (Wildman–Crippen MR) is 102 cm³/mol. The molecule has 23 heavy (non-hydrogen) atoms. The van der Waals surface area contributed by atoms with Gasteiger partial charge in [0.05, 0.1) is 0 Å². The minimum absolute atomic E-state index is 0.0885. The van der Waals surface area contributed by atoms with E-state index in [1.807, 2.05) is 0 Å². The zero-order valence-electron chi connectivity index (χ0n) is 15.8. The summed E-state index contributed by atoms with van der Waals surface area (Å²) in [6.45, 7) is 4.51. The Morgan fingerprint density at radius 2 is 1.09 bits per heavy atom. The first-order valence-electron chi connectivity index (χ1n) is 10.2. The van der Waals surface area contributed by atoms with E-state index in [0.29, 0.717) is 6.42 Å². The Labute approximate surface area is 156 Å². The van der Waals surface area contributed by atoms with Gasteiger partial charge in [0, 0.05) is 0 Å². The average Bonchev–Trinajstić information content (AvgIpc) is 2.56. The molecule has 0 bridgehead atoms. The van der Waals surface area contributed by atoms with Crippen LogP contribution in [-0.4, -0.2) is 27.5 Å². The SMILES string of the molecule is CCCCCCCCCCCC(=O)[O][Sn][CH2]CCCCCCC. The van der Waals surface area contributed by atoms with Crippen molar-refractivity contribution in [2.24, 2.45) is 0 Å². The predicted octanol–water partition coefficient (Wildman–Crippen LogP) is 6.85. The number of rotatable bonds is 18. The number of unbranched alkanes of at least 4 members (excludes halogenated alkanes) is 13. The maximum absolute atomic E-state index is 11.6. The molecule has 3 heteroatoms. The first-order chi connectivity index (χ1) is 11.3. The second kappa shape index (κ2) is 20.3. The van der Waals surface area contributed by atoms with Gasteiger partial charge in [0.2, 0.25) is 0 Å². The zero-order valence-corrected chi connectivity index (χ0v) is 18.7. The summed E-state index contributed by atoms with van der Waals surface area (Å²) in [5.41, 5.74) is 0. The Kier molecular flexibility index (Phi) is 20.6. The third kappa shape index (κ3) is 20.2. The summed E-state index contributed by atoms with van der Waals surface area (Å²) < 4.78 is 6.68. The first kappa shape index (κ1) is 23.3. The van der Waals surface area contributed by atoms with Crippen molar-refractivity contribution >= 4 is 27.5 Å². The van der Waals surface area contributed by atoms with Crippen LogP contribution in [0.2, 0.25) is 4.44 Å². The van der Waals surface area contributed by atoms with Crippen LogP contribution in [0.4, 0.5) is 0 Å². The van der Waals surface area contributed by atoms with Crippen LogP contribution in [0.5, 0.6) is 0 Å². The van der Waals surface area contributed by atoms with Gasteiger partial charge in [-0.1, -0.05) is 6.92 Å². The van der Waals surface area contributed by atoms with Gasteiger partial charge in [-0.25, -0.2) is 0 Å². The quantitative estimate of drug-likeness (QED) is 0.175. The molecule has 0 unspecified atom stereocenters. The van der Waals surface area contributed by atoms with Gasteiger partial charge in [-0.05, 0) is 0 Å². The van der Waals surface area contributed by atoms with Crippen LogP contribution < -0.4 is 0 Å². The molecule has 0 aromatic rings. The molecule has 2 nitrogen and oxygen atoms in total. The monoisotopic (exact) mass is 432 g/mol. The summed E-state index contributed by atoms with van der Waals surface area (Å²) in [6.07, 6.45) is 20.4. The third-order valence-corrected chi connectivity index (χ3v) is 6.96. The summed E-state index contributed by atoms with van der Waals surface area (Å²) in [4.78, 5) is 11.6. The molecule has 2 radical (unpaired) electrons. The molecular formula is C20H40O2Sn. The molecular weight excluding hydrogens is 391 g/mol. The Morgan fingerprint density at radius 3 is 1.61 bits per heavy atom. The molecule has 0 amide bonds. The Bertz CT molecular complexity index is 244. The molecule has 0 heterocycles. The summed E-state index contributed by atoms with van der Waals surface area (Å²) in [6, 6.07) is 0. The molecule has 0 saturated carbocycles. The molecule has 0 aliphatic heterocycles. The molecule has 0 atom stereocenters. The standard InChI is InChI=1S/C12H24O2.C8H17.Sn/c1-2-3-4-5-6-7-8-9-10-11-12(13)14;1-3-5-7-8-6-4-2;/h2-11H2,1H3,(H,13,14);1,3-8H2,2H3;/q;;+1/p-1. The van der Waals surface area contributed by atoms with Crippen molar-refractivity contribution in [1.29, 1.82) is 0 Å². The van der Waals surface area contributed by atoms with Gasteiger partial charge < -0.3 is 0 Å². The van der Waals surface area contributed by atoms with E-state index in [2.05, 4.69) is 13.8 Å². The zero-order chi connectivity index (χ0) is 17.0. The normalized spacial score (nSPS) is 10.9. The van der Waals surface area contributed by atoms with Crippen LogP contribution in [0.3, 0.4) is 0 Å². The van der Waals surface area contributed by atoms with Crippen LogP contribution in [-0.2, 0) is 7.87 Å². The van der Waals surface area contributed by atoms with Gasteiger partial charge in [-0.3, -0.25) is 0 Å². The van der Waals surface area contributed by atoms with Crippen molar-refractivity contribution in [3.8, 4) is 0 Å². The molecule has 0 aromatic carbocycles. The molecule has 0 aromatic heterocycles. The molecule has 0 saturated heterocycles. The third-order valence-electron chi connectivity index (χ3n) is 4.30. The first-order valence-corrected chi connectivity index (χ1v) is 13.4. The fourth-order valence-electron chi connectivity index (χ4n) is 2.74. The molecule has 0 rings (SSSR count). The fourth-order valence-corrected chi connectivity index (χ4v) is 4.91. The molecule has 136 valence electrons. The maximum atomic E-state index is 11.6. The van der Waals surface area contributed by atoms with Gasteiger partial charge in [-0.2, -0.15) is 0 Å². The second-order valence-electron chi connectivity index (χ2n) is 6.71. The number of hydrogen-bond acceptors (Lipinski definition) is 2. The summed E-state index contributed by atoms with van der Waals surface area (Å²) in [5, 5.41) is 0. The van der Waals surface area contributed by atoms with Gasteiger partial charge in [0.15, 0.2) is 0 Å². The van der Waals surface area contributed by atoms with Crippen molar-refractivity contribution in [1.82, 2.24) is 0 Å². The van der Waals surface area contributed by atoms with Crippen molar-refractivity contribution in [2.75, 3.05) is 0 Å². The van der Waals surface area contributed by atoms with Gasteiger partial charge in [0.25, 0.3) is 0 Å². The van der Waals surface area contributed by atoms with Gasteiger partial charge in [0.1, 0.15) is 0 Å². The van der Waals surface area contributed by atoms with Crippen LogP contribution in [0.1, 0.15) is 117 Å². The Morgan fingerprint density at radius 1 is 0.652 bits per heavy atom. The molecule has 0 aliphatic carbocycles. The second-order valence-corrected chi connectivity index (χ2v) is 9.55. The van der Waals surface area contributed by atoms with E-state index in [-0.39, 0.29) is 5.97 Å². The van der Waals surface area contributed by atoms with Crippen LogP contribution in [0.15, 0.2) is 0 Å². The summed E-state index contributed by atoms with van der Waals surface area (Å²) in [5.74, 6) is 0.0885.